The van der Waals surface area contributed by atoms with E-state index >= 15 is 0 Å². The molecular formula is C15H16BrFN2O. The summed E-state index contributed by atoms with van der Waals surface area (Å²) in [5.74, 6) is 0.353. The van der Waals surface area contributed by atoms with Gasteiger partial charge in [-0.25, -0.2) is 4.39 Å². The Morgan fingerprint density at radius 1 is 1.35 bits per heavy atom. The molecule has 3 nitrogen and oxygen atoms in total. The molecule has 0 amide bonds. The first kappa shape index (κ1) is 14.9. The van der Waals surface area contributed by atoms with Crippen LogP contribution in [0.15, 0.2) is 41.0 Å². The number of ether oxygens (including phenoxy) is 1. The van der Waals surface area contributed by atoms with Crippen LogP contribution in [-0.4, -0.2) is 11.0 Å². The van der Waals surface area contributed by atoms with Crippen LogP contribution in [0.4, 0.5) is 4.39 Å². The van der Waals surface area contributed by atoms with E-state index in [0.717, 1.165) is 17.7 Å². The molecule has 0 saturated heterocycles. The molecule has 0 aliphatic rings. The van der Waals surface area contributed by atoms with Crippen LogP contribution in [0.2, 0.25) is 0 Å². The van der Waals surface area contributed by atoms with E-state index in [0.29, 0.717) is 10.2 Å². The standard InChI is InChI=1S/C15H16BrFN2O/c1-10(18)7-12-5-6-13(8-19-12)20-9-11-3-2-4-14(17)15(11)16/h2-6,8,10H,7,9,18H2,1H3. The molecule has 20 heavy (non-hydrogen) atoms. The summed E-state index contributed by atoms with van der Waals surface area (Å²) in [5.41, 5.74) is 7.40. The van der Waals surface area contributed by atoms with Crippen molar-refractivity contribution in [3.8, 4) is 5.75 Å². The fourth-order valence-corrected chi connectivity index (χ4v) is 2.15. The van der Waals surface area contributed by atoms with Crippen molar-refractivity contribution in [3.05, 3.63) is 58.1 Å². The Morgan fingerprint density at radius 3 is 2.80 bits per heavy atom. The second kappa shape index (κ2) is 6.81. The molecule has 1 unspecified atom stereocenters. The van der Waals surface area contributed by atoms with E-state index < -0.39 is 0 Å². The van der Waals surface area contributed by atoms with Crippen molar-refractivity contribution in [2.45, 2.75) is 26.0 Å². The molecule has 0 spiro atoms. The molecule has 1 atom stereocenters. The molecule has 0 radical (unpaired) electrons. The van der Waals surface area contributed by atoms with Crippen molar-refractivity contribution in [1.29, 1.82) is 0 Å². The quantitative estimate of drug-likeness (QED) is 0.908. The summed E-state index contributed by atoms with van der Waals surface area (Å²) in [7, 11) is 0. The Hall–Kier alpha value is -1.46. The van der Waals surface area contributed by atoms with Gasteiger partial charge in [-0.3, -0.25) is 4.98 Å². The summed E-state index contributed by atoms with van der Waals surface area (Å²) in [6.07, 6.45) is 2.39. The molecule has 0 aliphatic heterocycles. The van der Waals surface area contributed by atoms with Crippen molar-refractivity contribution in [2.75, 3.05) is 0 Å². The third kappa shape index (κ3) is 4.02. The highest BCUT2D eigenvalue weighted by Gasteiger charge is 2.06. The highest BCUT2D eigenvalue weighted by molar-refractivity contribution is 9.10. The van der Waals surface area contributed by atoms with Crippen LogP contribution in [0.3, 0.4) is 0 Å². The Balaban J connectivity index is 1.99. The van der Waals surface area contributed by atoms with Crippen LogP contribution < -0.4 is 10.5 Å². The third-order valence-corrected chi connectivity index (χ3v) is 3.64. The number of halogens is 2. The van der Waals surface area contributed by atoms with Gasteiger partial charge in [-0.15, -0.1) is 0 Å². The van der Waals surface area contributed by atoms with Crippen molar-refractivity contribution in [2.24, 2.45) is 5.73 Å². The van der Waals surface area contributed by atoms with Crippen LogP contribution in [0.25, 0.3) is 0 Å². The Kier molecular flexibility index (Phi) is 5.09. The molecule has 0 saturated carbocycles. The number of hydrogen-bond acceptors (Lipinski definition) is 3. The van der Waals surface area contributed by atoms with E-state index in [1.54, 1.807) is 12.3 Å². The number of nitrogens with zero attached hydrogens (tertiary/aromatic N) is 1. The van der Waals surface area contributed by atoms with Crippen molar-refractivity contribution in [3.63, 3.8) is 0 Å². The smallest absolute Gasteiger partial charge is 0.138 e. The largest absolute Gasteiger partial charge is 0.487 e. The fourth-order valence-electron chi connectivity index (χ4n) is 1.77. The normalized spacial score (nSPS) is 12.2. The molecule has 0 aliphatic carbocycles. The second-order valence-corrected chi connectivity index (χ2v) is 5.46. The van der Waals surface area contributed by atoms with Gasteiger partial charge in [0.25, 0.3) is 0 Å². The van der Waals surface area contributed by atoms with Crippen LogP contribution in [0, 0.1) is 5.82 Å². The van der Waals surface area contributed by atoms with Crippen molar-refractivity contribution >= 4 is 15.9 Å². The van der Waals surface area contributed by atoms with Gasteiger partial charge in [-0.05, 0) is 41.1 Å². The molecule has 1 heterocycles. The first-order chi connectivity index (χ1) is 9.56. The van der Waals surface area contributed by atoms with E-state index in [1.165, 1.54) is 6.07 Å². The molecule has 1 aromatic carbocycles. The van der Waals surface area contributed by atoms with E-state index in [-0.39, 0.29) is 18.5 Å². The highest BCUT2D eigenvalue weighted by atomic mass is 79.9. The molecule has 1 aromatic heterocycles. The van der Waals surface area contributed by atoms with Crippen molar-refractivity contribution in [1.82, 2.24) is 4.98 Å². The number of pyridine rings is 1. The third-order valence-electron chi connectivity index (χ3n) is 2.75. The molecule has 0 fully saturated rings. The zero-order valence-electron chi connectivity index (χ0n) is 11.1. The number of rotatable bonds is 5. The van der Waals surface area contributed by atoms with Gasteiger partial charge in [-0.2, -0.15) is 0 Å². The van der Waals surface area contributed by atoms with Crippen molar-refractivity contribution < 1.29 is 9.13 Å². The number of hydrogen-bond donors (Lipinski definition) is 1. The minimum Gasteiger partial charge on any atom is -0.487 e. The lowest BCUT2D eigenvalue weighted by Gasteiger charge is -2.09. The zero-order valence-corrected chi connectivity index (χ0v) is 12.7. The lowest BCUT2D eigenvalue weighted by atomic mass is 10.2. The predicted molar refractivity (Wildman–Crippen MR) is 80.0 cm³/mol. The minimum absolute atomic E-state index is 0.0810. The van der Waals surface area contributed by atoms with Gasteiger partial charge >= 0.3 is 0 Å². The molecule has 2 rings (SSSR count). The monoisotopic (exact) mass is 338 g/mol. The SMILES string of the molecule is CC(N)Cc1ccc(OCc2cccc(F)c2Br)cn1. The van der Waals surface area contributed by atoms with E-state index in [2.05, 4.69) is 20.9 Å². The van der Waals surface area contributed by atoms with Gasteiger partial charge in [0.15, 0.2) is 0 Å². The summed E-state index contributed by atoms with van der Waals surface area (Å²) in [6.45, 7) is 2.22. The van der Waals surface area contributed by atoms with Gasteiger partial charge in [0.05, 0.1) is 10.7 Å². The van der Waals surface area contributed by atoms with Gasteiger partial charge in [0.2, 0.25) is 0 Å². The van der Waals surface area contributed by atoms with E-state index in [9.17, 15) is 4.39 Å². The van der Waals surface area contributed by atoms with E-state index in [1.807, 2.05) is 25.1 Å². The highest BCUT2D eigenvalue weighted by Crippen LogP contribution is 2.22. The van der Waals surface area contributed by atoms with Crippen LogP contribution in [0.5, 0.6) is 5.75 Å². The predicted octanol–water partition coefficient (Wildman–Crippen LogP) is 3.45. The summed E-state index contributed by atoms with van der Waals surface area (Å²) in [5, 5.41) is 0. The van der Waals surface area contributed by atoms with Crippen LogP contribution >= 0.6 is 15.9 Å². The van der Waals surface area contributed by atoms with Gasteiger partial charge < -0.3 is 10.5 Å². The molecule has 106 valence electrons. The first-order valence-corrected chi connectivity index (χ1v) is 7.11. The lowest BCUT2D eigenvalue weighted by molar-refractivity contribution is 0.303. The zero-order chi connectivity index (χ0) is 14.5. The maximum atomic E-state index is 13.4. The Morgan fingerprint density at radius 2 is 2.15 bits per heavy atom. The second-order valence-electron chi connectivity index (χ2n) is 4.67. The number of nitrogens with two attached hydrogens (primary N) is 1. The fraction of sp³-hybridized carbons (Fsp3) is 0.267. The Labute approximate surface area is 126 Å². The average Bonchev–Trinajstić information content (AvgIpc) is 2.41. The lowest BCUT2D eigenvalue weighted by Crippen LogP contribution is -2.18. The van der Waals surface area contributed by atoms with Gasteiger partial charge in [0.1, 0.15) is 18.2 Å². The number of benzene rings is 1. The Bertz CT molecular complexity index is 573. The maximum absolute atomic E-state index is 13.4. The minimum atomic E-state index is -0.295. The topological polar surface area (TPSA) is 48.1 Å². The van der Waals surface area contributed by atoms with E-state index in [4.69, 9.17) is 10.5 Å². The van der Waals surface area contributed by atoms with Gasteiger partial charge in [-0.1, -0.05) is 12.1 Å². The summed E-state index contributed by atoms with van der Waals surface area (Å²) < 4.78 is 19.4. The summed E-state index contributed by atoms with van der Waals surface area (Å²) >= 11 is 3.21. The summed E-state index contributed by atoms with van der Waals surface area (Å²) in [6, 6.07) is 8.68. The summed E-state index contributed by atoms with van der Waals surface area (Å²) in [4.78, 5) is 4.28. The molecule has 2 N–H and O–H groups in total. The maximum Gasteiger partial charge on any atom is 0.138 e. The molecule has 0 bridgehead atoms. The van der Waals surface area contributed by atoms with Crippen LogP contribution in [-0.2, 0) is 13.0 Å². The average molecular weight is 339 g/mol. The molecule has 2 aromatic rings. The first-order valence-electron chi connectivity index (χ1n) is 6.32. The molecule has 5 heteroatoms. The van der Waals surface area contributed by atoms with Crippen LogP contribution in [0.1, 0.15) is 18.2 Å². The molecular weight excluding hydrogens is 323 g/mol. The number of aromatic nitrogens is 1. The van der Waals surface area contributed by atoms with Gasteiger partial charge in [0, 0.05) is 23.7 Å².